The van der Waals surface area contributed by atoms with Crippen molar-refractivity contribution < 1.29 is 14.3 Å². The van der Waals surface area contributed by atoms with Crippen molar-refractivity contribution in [2.75, 3.05) is 5.32 Å². The largest absolute Gasteiger partial charge is 0.387 e. The van der Waals surface area contributed by atoms with E-state index in [4.69, 9.17) is 11.6 Å². The lowest BCUT2D eigenvalue weighted by Gasteiger charge is -2.26. The molecule has 0 radical (unpaired) electrons. The molecule has 0 bridgehead atoms. The summed E-state index contributed by atoms with van der Waals surface area (Å²) in [5.41, 5.74) is -0.366. The highest BCUT2D eigenvalue weighted by Crippen LogP contribution is 2.30. The van der Waals surface area contributed by atoms with Gasteiger partial charge in [0.1, 0.15) is 17.3 Å². The fourth-order valence-electron chi connectivity index (χ4n) is 2.42. The van der Waals surface area contributed by atoms with Crippen molar-refractivity contribution in [2.45, 2.75) is 65.3 Å². The van der Waals surface area contributed by atoms with E-state index in [0.29, 0.717) is 21.9 Å². The summed E-state index contributed by atoms with van der Waals surface area (Å²) < 4.78 is 15.2. The van der Waals surface area contributed by atoms with Crippen LogP contribution in [-0.2, 0) is 10.3 Å². The maximum absolute atomic E-state index is 13.4. The lowest BCUT2D eigenvalue weighted by atomic mass is 9.97. The van der Waals surface area contributed by atoms with E-state index in [1.54, 1.807) is 17.6 Å². The molecule has 0 saturated heterocycles. The van der Waals surface area contributed by atoms with Gasteiger partial charge in [0.05, 0.1) is 17.1 Å². The summed E-state index contributed by atoms with van der Waals surface area (Å²) in [6, 6.07) is 1.69. The molecule has 2 aromatic rings. The molecule has 2 rings (SSSR count). The second kappa shape index (κ2) is 6.53. The van der Waals surface area contributed by atoms with Crippen molar-refractivity contribution in [2.24, 2.45) is 0 Å². The number of hydrogen-bond donors (Lipinski definition) is 2. The zero-order chi connectivity index (χ0) is 19.2. The minimum absolute atomic E-state index is 0.281. The zero-order valence-electron chi connectivity index (χ0n) is 15.3. The van der Waals surface area contributed by atoms with Gasteiger partial charge < -0.3 is 5.11 Å². The van der Waals surface area contributed by atoms with Crippen LogP contribution in [-0.4, -0.2) is 37.3 Å². The average molecular weight is 371 g/mol. The molecule has 0 aliphatic rings. The predicted molar refractivity (Wildman–Crippen MR) is 96.7 cm³/mol. The maximum atomic E-state index is 13.4. The minimum atomic E-state index is -1.75. The Hall–Kier alpha value is -1.73. The molecule has 6 nitrogen and oxygen atoms in total. The number of aryl methyl sites for hydroxylation is 1. The van der Waals surface area contributed by atoms with E-state index in [-0.39, 0.29) is 12.4 Å². The molecule has 2 unspecified atom stereocenters. The first-order chi connectivity index (χ1) is 11.3. The van der Waals surface area contributed by atoms with Gasteiger partial charge in [-0.3, -0.25) is 14.7 Å². The van der Waals surface area contributed by atoms with Crippen molar-refractivity contribution in [3.8, 4) is 0 Å². The molecule has 2 N–H and O–H groups in total. The van der Waals surface area contributed by atoms with Crippen molar-refractivity contribution >= 4 is 34.6 Å². The number of rotatable bonds is 4. The first-order valence-electron chi connectivity index (χ1n) is 8.05. The Bertz CT molecular complexity index is 809. The molecule has 2 atom stereocenters. The highest BCUT2D eigenvalue weighted by atomic mass is 35.5. The molecule has 0 aromatic carbocycles. The fraction of sp³-hybridized carbons (Fsp3) is 0.588. The van der Waals surface area contributed by atoms with Gasteiger partial charge in [-0.25, -0.2) is 14.4 Å². The molecule has 25 heavy (non-hydrogen) atoms. The number of pyridine rings is 1. The van der Waals surface area contributed by atoms with Gasteiger partial charge in [-0.15, -0.1) is 0 Å². The molecule has 0 aliphatic carbocycles. The summed E-state index contributed by atoms with van der Waals surface area (Å²) in [6.45, 7) is 10.2. The van der Waals surface area contributed by atoms with Crippen LogP contribution in [0.1, 0.15) is 46.7 Å². The Kier molecular flexibility index (Phi) is 5.12. The van der Waals surface area contributed by atoms with Crippen LogP contribution >= 0.6 is 11.6 Å². The second-order valence-corrected chi connectivity index (χ2v) is 7.95. The molecule has 0 aliphatic heterocycles. The number of anilines is 1. The maximum Gasteiger partial charge on any atom is 0.229 e. The van der Waals surface area contributed by atoms with Gasteiger partial charge in [0.15, 0.2) is 5.65 Å². The summed E-state index contributed by atoms with van der Waals surface area (Å²) in [4.78, 5) is 21.2. The number of fused-ring (bicyclic) bond motifs is 1. The third kappa shape index (κ3) is 4.10. The third-order valence-electron chi connectivity index (χ3n) is 4.06. The van der Waals surface area contributed by atoms with Crippen LogP contribution in [0.25, 0.3) is 11.2 Å². The van der Waals surface area contributed by atoms with Crippen LogP contribution in [0.2, 0.25) is 5.02 Å². The number of carbonyl (C=O) groups excluding carboxylic acids is 1. The standard InChI is InChI=1S/C17H24ClFN4O2/c1-9-11(18)7-12-14(20-9)23(16(3,4)5)15(21-12)22-13(24)8-17(6,25)10(2)19/h7,10,25H,8H2,1-6H3,(H,21,22,24). The Labute approximate surface area is 151 Å². The van der Waals surface area contributed by atoms with Crippen LogP contribution in [0, 0.1) is 6.92 Å². The molecule has 2 aromatic heterocycles. The second-order valence-electron chi connectivity index (χ2n) is 7.54. The van der Waals surface area contributed by atoms with Gasteiger partial charge in [-0.05, 0) is 47.6 Å². The number of halogens is 2. The van der Waals surface area contributed by atoms with Gasteiger partial charge in [0.2, 0.25) is 11.9 Å². The highest BCUT2D eigenvalue weighted by Gasteiger charge is 2.32. The molecule has 138 valence electrons. The lowest BCUT2D eigenvalue weighted by molar-refractivity contribution is -0.123. The van der Waals surface area contributed by atoms with Crippen LogP contribution in [0.5, 0.6) is 0 Å². The van der Waals surface area contributed by atoms with E-state index in [0.717, 1.165) is 0 Å². The summed E-state index contributed by atoms with van der Waals surface area (Å²) in [6.07, 6.45) is -1.92. The number of imidazole rings is 1. The number of aromatic nitrogens is 3. The number of alkyl halides is 1. The fourth-order valence-corrected chi connectivity index (χ4v) is 2.57. The third-order valence-corrected chi connectivity index (χ3v) is 4.44. The van der Waals surface area contributed by atoms with Crippen LogP contribution in [0.4, 0.5) is 10.3 Å². The van der Waals surface area contributed by atoms with Gasteiger partial charge in [0.25, 0.3) is 0 Å². The van der Waals surface area contributed by atoms with Crippen molar-refractivity contribution in [3.63, 3.8) is 0 Å². The van der Waals surface area contributed by atoms with E-state index in [1.165, 1.54) is 13.8 Å². The lowest BCUT2D eigenvalue weighted by Crippen LogP contribution is -2.39. The number of aliphatic hydroxyl groups is 1. The Morgan fingerprint density at radius 1 is 1.40 bits per heavy atom. The van der Waals surface area contributed by atoms with E-state index < -0.39 is 23.2 Å². The summed E-state index contributed by atoms with van der Waals surface area (Å²) in [7, 11) is 0. The molecule has 0 saturated carbocycles. The van der Waals surface area contributed by atoms with E-state index >= 15 is 0 Å². The van der Waals surface area contributed by atoms with Gasteiger partial charge >= 0.3 is 0 Å². The van der Waals surface area contributed by atoms with Crippen LogP contribution in [0.15, 0.2) is 6.07 Å². The zero-order valence-corrected chi connectivity index (χ0v) is 16.1. The average Bonchev–Trinajstić information content (AvgIpc) is 2.74. The number of nitrogens with one attached hydrogen (secondary N) is 1. The van der Waals surface area contributed by atoms with Crippen LogP contribution in [0.3, 0.4) is 0 Å². The first-order valence-corrected chi connectivity index (χ1v) is 8.43. The van der Waals surface area contributed by atoms with Gasteiger partial charge in [0, 0.05) is 5.54 Å². The first kappa shape index (κ1) is 19.6. The highest BCUT2D eigenvalue weighted by molar-refractivity contribution is 6.31. The van der Waals surface area contributed by atoms with Crippen LogP contribution < -0.4 is 5.32 Å². The molecule has 1 amide bonds. The van der Waals surface area contributed by atoms with E-state index in [1.807, 2.05) is 20.8 Å². The Balaban J connectivity index is 2.46. The smallest absolute Gasteiger partial charge is 0.229 e. The van der Waals surface area contributed by atoms with Gasteiger partial charge in [-0.2, -0.15) is 0 Å². The van der Waals surface area contributed by atoms with Crippen molar-refractivity contribution in [1.82, 2.24) is 14.5 Å². The van der Waals surface area contributed by atoms with E-state index in [2.05, 4.69) is 15.3 Å². The number of carbonyl (C=O) groups is 1. The molecular formula is C17H24ClFN4O2. The monoisotopic (exact) mass is 370 g/mol. The van der Waals surface area contributed by atoms with E-state index in [9.17, 15) is 14.3 Å². The summed E-state index contributed by atoms with van der Waals surface area (Å²) in [5, 5.41) is 13.1. The predicted octanol–water partition coefficient (Wildman–Crippen LogP) is 3.59. The molecule has 0 fully saturated rings. The Morgan fingerprint density at radius 2 is 2.00 bits per heavy atom. The number of nitrogens with zero attached hydrogens (tertiary/aromatic N) is 3. The minimum Gasteiger partial charge on any atom is -0.387 e. The molecule has 8 heteroatoms. The normalized spacial score (nSPS) is 15.9. The number of hydrogen-bond acceptors (Lipinski definition) is 4. The topological polar surface area (TPSA) is 80.0 Å². The quantitative estimate of drug-likeness (QED) is 0.861. The molecule has 0 spiro atoms. The van der Waals surface area contributed by atoms with Crippen molar-refractivity contribution in [3.05, 3.63) is 16.8 Å². The summed E-state index contributed by atoms with van der Waals surface area (Å²) in [5.74, 6) is -0.248. The van der Waals surface area contributed by atoms with Gasteiger partial charge in [-0.1, -0.05) is 11.6 Å². The summed E-state index contributed by atoms with van der Waals surface area (Å²) >= 11 is 6.12. The molecular weight excluding hydrogens is 347 g/mol. The Morgan fingerprint density at radius 3 is 2.52 bits per heavy atom. The molecule has 2 heterocycles. The number of amides is 1. The van der Waals surface area contributed by atoms with Crippen molar-refractivity contribution in [1.29, 1.82) is 0 Å². The SMILES string of the molecule is Cc1nc2c(cc1Cl)nc(NC(=O)CC(C)(O)C(C)F)n2C(C)(C)C.